The van der Waals surface area contributed by atoms with Crippen LogP contribution in [-0.2, 0) is 29.3 Å². The highest BCUT2D eigenvalue weighted by atomic mass is 32.2. The number of benzene rings is 2. The molecule has 0 radical (unpaired) electrons. The fourth-order valence-electron chi connectivity index (χ4n) is 4.43. The molecule has 1 fully saturated rings. The van der Waals surface area contributed by atoms with E-state index in [1.54, 1.807) is 6.20 Å². The van der Waals surface area contributed by atoms with E-state index in [1.807, 2.05) is 34.9 Å². The van der Waals surface area contributed by atoms with Gasteiger partial charge in [0.05, 0.1) is 11.9 Å². The summed E-state index contributed by atoms with van der Waals surface area (Å²) < 4.78 is 39.8. The Morgan fingerprint density at radius 1 is 1.10 bits per heavy atom. The monoisotopic (exact) mass is 441 g/mol. The summed E-state index contributed by atoms with van der Waals surface area (Å²) in [5.74, 6) is -0.234. The summed E-state index contributed by atoms with van der Waals surface area (Å²) in [6, 6.07) is 17.1. The number of hydrogen-bond acceptors (Lipinski definition) is 4. The van der Waals surface area contributed by atoms with Gasteiger partial charge in [0.1, 0.15) is 5.82 Å². The minimum atomic E-state index is -3.42. The predicted octanol–water partition coefficient (Wildman–Crippen LogP) is 4.40. The first-order valence-electron chi connectivity index (χ1n) is 10.7. The van der Waals surface area contributed by atoms with E-state index in [0.29, 0.717) is 13.1 Å². The molecule has 0 bridgehead atoms. The molecule has 1 unspecified atom stereocenters. The maximum absolute atomic E-state index is 13.3. The van der Waals surface area contributed by atoms with Crippen molar-refractivity contribution < 1.29 is 12.8 Å². The Hall–Kier alpha value is -2.51. The quantitative estimate of drug-likeness (QED) is 0.520. The van der Waals surface area contributed by atoms with E-state index < -0.39 is 9.84 Å². The maximum Gasteiger partial charge on any atom is 0.227 e. The zero-order chi connectivity index (χ0) is 21.8. The van der Waals surface area contributed by atoms with Crippen LogP contribution < -0.4 is 0 Å². The molecule has 1 aromatic heterocycles. The lowest BCUT2D eigenvalue weighted by molar-refractivity contribution is 0.240. The van der Waals surface area contributed by atoms with Gasteiger partial charge < -0.3 is 4.57 Å². The molecule has 164 valence electrons. The summed E-state index contributed by atoms with van der Waals surface area (Å²) in [5, 5.41) is 0.132. The summed E-state index contributed by atoms with van der Waals surface area (Å²) >= 11 is 0. The predicted molar refractivity (Wildman–Crippen MR) is 119 cm³/mol. The van der Waals surface area contributed by atoms with Gasteiger partial charge in [0.2, 0.25) is 15.0 Å². The first kappa shape index (κ1) is 21.7. The minimum Gasteiger partial charge on any atom is -0.318 e. The lowest BCUT2D eigenvalue weighted by atomic mass is 10.0. The zero-order valence-corrected chi connectivity index (χ0v) is 18.6. The molecule has 0 amide bonds. The Morgan fingerprint density at radius 2 is 1.84 bits per heavy atom. The molecule has 3 aromatic rings. The number of hydrogen-bond donors (Lipinski definition) is 0. The van der Waals surface area contributed by atoms with E-state index in [2.05, 4.69) is 22.0 Å². The van der Waals surface area contributed by atoms with Crippen LogP contribution in [0, 0.1) is 5.82 Å². The second-order valence-electron chi connectivity index (χ2n) is 8.23. The molecule has 0 spiro atoms. The van der Waals surface area contributed by atoms with E-state index in [-0.39, 0.29) is 17.0 Å². The van der Waals surface area contributed by atoms with Crippen LogP contribution in [0.4, 0.5) is 4.39 Å². The fourth-order valence-corrected chi connectivity index (χ4v) is 5.28. The number of halogens is 1. The van der Waals surface area contributed by atoms with Crippen LogP contribution in [-0.4, -0.2) is 35.7 Å². The lowest BCUT2D eigenvalue weighted by Gasteiger charge is -2.25. The van der Waals surface area contributed by atoms with Crippen LogP contribution in [0.25, 0.3) is 0 Å². The standard InChI is InChI=1S/C24H28FN3O2S/c1-31(29,30)24-26-17-22(28(24)16-5-9-19-7-3-2-4-8-19)18-27-15-6-10-23(27)20-11-13-21(25)14-12-20/h2-4,7-8,11-14,17,23H,5-6,9-10,15-16,18H2,1H3. The van der Waals surface area contributed by atoms with E-state index in [1.165, 1.54) is 24.0 Å². The zero-order valence-electron chi connectivity index (χ0n) is 17.7. The Morgan fingerprint density at radius 3 is 2.55 bits per heavy atom. The van der Waals surface area contributed by atoms with Crippen molar-refractivity contribution in [2.75, 3.05) is 12.8 Å². The van der Waals surface area contributed by atoms with Crippen LogP contribution in [0.1, 0.15) is 42.1 Å². The molecule has 1 aliphatic rings. The number of likely N-dealkylation sites (tertiary alicyclic amines) is 1. The molecule has 0 N–H and O–H groups in total. The first-order valence-corrected chi connectivity index (χ1v) is 12.6. The second kappa shape index (κ2) is 9.32. The van der Waals surface area contributed by atoms with Gasteiger partial charge in [-0.15, -0.1) is 0 Å². The van der Waals surface area contributed by atoms with Gasteiger partial charge in [0.25, 0.3) is 0 Å². The molecule has 4 rings (SSSR count). The topological polar surface area (TPSA) is 55.2 Å². The van der Waals surface area contributed by atoms with Crippen molar-refractivity contribution in [1.82, 2.24) is 14.5 Å². The van der Waals surface area contributed by atoms with Crippen LogP contribution >= 0.6 is 0 Å². The number of sulfone groups is 1. The molecule has 7 heteroatoms. The normalized spacial score (nSPS) is 17.3. The average molecular weight is 442 g/mol. The molecule has 2 aromatic carbocycles. The van der Waals surface area contributed by atoms with Crippen LogP contribution in [0.5, 0.6) is 0 Å². The van der Waals surface area contributed by atoms with Crippen LogP contribution in [0.3, 0.4) is 0 Å². The van der Waals surface area contributed by atoms with E-state index in [4.69, 9.17) is 0 Å². The molecule has 31 heavy (non-hydrogen) atoms. The summed E-state index contributed by atoms with van der Waals surface area (Å²) in [6.45, 7) is 2.14. The second-order valence-corrected chi connectivity index (χ2v) is 10.1. The van der Waals surface area contributed by atoms with Crippen molar-refractivity contribution in [2.45, 2.75) is 50.0 Å². The molecule has 1 saturated heterocycles. The van der Waals surface area contributed by atoms with Crippen molar-refractivity contribution in [3.05, 3.63) is 83.4 Å². The Bertz CT molecular complexity index is 1110. The molecular weight excluding hydrogens is 413 g/mol. The van der Waals surface area contributed by atoms with Gasteiger partial charge in [-0.25, -0.2) is 17.8 Å². The van der Waals surface area contributed by atoms with Gasteiger partial charge in [-0.2, -0.15) is 0 Å². The highest BCUT2D eigenvalue weighted by molar-refractivity contribution is 7.90. The molecule has 0 saturated carbocycles. The van der Waals surface area contributed by atoms with Gasteiger partial charge in [-0.1, -0.05) is 42.5 Å². The van der Waals surface area contributed by atoms with E-state index in [0.717, 1.165) is 43.5 Å². The van der Waals surface area contributed by atoms with E-state index >= 15 is 0 Å². The number of nitrogens with zero attached hydrogens (tertiary/aromatic N) is 3. The molecule has 2 heterocycles. The van der Waals surface area contributed by atoms with Gasteiger partial charge in [0.15, 0.2) is 0 Å². The van der Waals surface area contributed by atoms with Crippen LogP contribution in [0.15, 0.2) is 66.0 Å². The molecule has 0 aliphatic carbocycles. The van der Waals surface area contributed by atoms with Gasteiger partial charge >= 0.3 is 0 Å². The number of imidazole rings is 1. The lowest BCUT2D eigenvalue weighted by Crippen LogP contribution is -2.25. The van der Waals surface area contributed by atoms with Crippen molar-refractivity contribution in [2.24, 2.45) is 0 Å². The van der Waals surface area contributed by atoms with Crippen molar-refractivity contribution in [3.8, 4) is 0 Å². The van der Waals surface area contributed by atoms with Crippen molar-refractivity contribution >= 4 is 9.84 Å². The smallest absolute Gasteiger partial charge is 0.227 e. The molecule has 1 atom stereocenters. The maximum atomic E-state index is 13.3. The summed E-state index contributed by atoms with van der Waals surface area (Å²) in [5.41, 5.74) is 3.24. The molecular formula is C24H28FN3O2S. The molecule has 1 aliphatic heterocycles. The summed E-state index contributed by atoms with van der Waals surface area (Å²) in [6.07, 6.45) is 6.68. The summed E-state index contributed by atoms with van der Waals surface area (Å²) in [7, 11) is -3.42. The summed E-state index contributed by atoms with van der Waals surface area (Å²) in [4.78, 5) is 6.60. The highest BCUT2D eigenvalue weighted by Crippen LogP contribution is 2.33. The largest absolute Gasteiger partial charge is 0.318 e. The van der Waals surface area contributed by atoms with Crippen LogP contribution in [0.2, 0.25) is 0 Å². The fraction of sp³-hybridized carbons (Fsp3) is 0.375. The Labute approximate surface area is 183 Å². The number of aromatic nitrogens is 2. The first-order chi connectivity index (χ1) is 14.9. The number of aryl methyl sites for hydroxylation is 1. The Kier molecular flexibility index (Phi) is 6.53. The highest BCUT2D eigenvalue weighted by Gasteiger charge is 2.28. The SMILES string of the molecule is CS(=O)(=O)c1ncc(CN2CCCC2c2ccc(F)cc2)n1CCCc1ccccc1. The average Bonchev–Trinajstić information content (AvgIpc) is 3.37. The van der Waals surface area contributed by atoms with Gasteiger partial charge in [0, 0.05) is 25.4 Å². The van der Waals surface area contributed by atoms with Gasteiger partial charge in [-0.05, 0) is 55.5 Å². The third kappa shape index (κ3) is 5.22. The minimum absolute atomic E-state index is 0.132. The van der Waals surface area contributed by atoms with E-state index in [9.17, 15) is 12.8 Å². The van der Waals surface area contributed by atoms with Gasteiger partial charge in [-0.3, -0.25) is 4.90 Å². The third-order valence-corrected chi connectivity index (χ3v) is 6.90. The molecule has 5 nitrogen and oxygen atoms in total. The van der Waals surface area contributed by atoms with Crippen molar-refractivity contribution in [1.29, 1.82) is 0 Å². The third-order valence-electron chi connectivity index (χ3n) is 5.91. The van der Waals surface area contributed by atoms with Crippen molar-refractivity contribution in [3.63, 3.8) is 0 Å². The number of rotatable bonds is 8. The Balaban J connectivity index is 1.53.